The van der Waals surface area contributed by atoms with Gasteiger partial charge in [-0.3, -0.25) is 4.79 Å². The summed E-state index contributed by atoms with van der Waals surface area (Å²) in [6.07, 6.45) is -3.43. The van der Waals surface area contributed by atoms with Crippen molar-refractivity contribution in [3.63, 3.8) is 0 Å². The Hall–Kier alpha value is -1.59. The molecular weight excluding hydrogens is 211 g/mol. The predicted octanol–water partition coefficient (Wildman–Crippen LogP) is 2.09. The number of carboxylic acids is 1. The van der Waals surface area contributed by atoms with E-state index < -0.39 is 30.3 Å². The highest BCUT2D eigenvalue weighted by atomic mass is 19.3. The van der Waals surface area contributed by atoms with Gasteiger partial charge in [-0.25, -0.2) is 18.2 Å². The van der Waals surface area contributed by atoms with Gasteiger partial charge in [0.1, 0.15) is 5.69 Å². The van der Waals surface area contributed by atoms with Crippen LogP contribution in [0.15, 0.2) is 6.07 Å². The first-order valence-corrected chi connectivity index (χ1v) is 4.07. The Kier molecular flexibility index (Phi) is 3.28. The topological polar surface area (TPSA) is 50.2 Å². The second-order valence-electron chi connectivity index (χ2n) is 2.97. The molecule has 1 N–H and O–H groups in total. The number of carbonyl (C=O) groups is 1. The Morgan fingerprint density at radius 2 is 2.20 bits per heavy atom. The zero-order valence-corrected chi connectivity index (χ0v) is 7.80. The van der Waals surface area contributed by atoms with Crippen molar-refractivity contribution in [1.29, 1.82) is 0 Å². The van der Waals surface area contributed by atoms with Crippen molar-refractivity contribution in [2.75, 3.05) is 0 Å². The molecule has 1 heterocycles. The smallest absolute Gasteiger partial charge is 0.307 e. The summed E-state index contributed by atoms with van der Waals surface area (Å²) in [4.78, 5) is 13.7. The van der Waals surface area contributed by atoms with Crippen molar-refractivity contribution in [3.05, 3.63) is 28.8 Å². The highest BCUT2D eigenvalue weighted by Gasteiger charge is 2.18. The lowest BCUT2D eigenvalue weighted by Crippen LogP contribution is -2.07. The molecule has 0 aromatic carbocycles. The van der Waals surface area contributed by atoms with E-state index in [0.717, 1.165) is 6.07 Å². The molecule has 0 saturated carbocycles. The summed E-state index contributed by atoms with van der Waals surface area (Å²) < 4.78 is 37.4. The van der Waals surface area contributed by atoms with E-state index in [2.05, 4.69) is 4.98 Å². The first-order valence-electron chi connectivity index (χ1n) is 4.07. The molecule has 0 aliphatic rings. The number of hydrogen-bond donors (Lipinski definition) is 1. The van der Waals surface area contributed by atoms with Crippen molar-refractivity contribution in [2.45, 2.75) is 19.8 Å². The van der Waals surface area contributed by atoms with Gasteiger partial charge in [-0.1, -0.05) is 0 Å². The van der Waals surface area contributed by atoms with E-state index in [0.29, 0.717) is 0 Å². The van der Waals surface area contributed by atoms with Gasteiger partial charge in [0.2, 0.25) is 0 Å². The molecule has 6 heteroatoms. The average molecular weight is 219 g/mol. The maximum atomic E-state index is 13.0. The van der Waals surface area contributed by atoms with E-state index in [1.807, 2.05) is 0 Å². The molecule has 82 valence electrons. The van der Waals surface area contributed by atoms with Crippen molar-refractivity contribution >= 4 is 5.97 Å². The van der Waals surface area contributed by atoms with E-state index >= 15 is 0 Å². The summed E-state index contributed by atoms with van der Waals surface area (Å²) in [7, 11) is 0. The SMILES string of the molecule is Cc1nc(C(F)F)c(F)cc1CC(=O)O. The maximum absolute atomic E-state index is 13.0. The third-order valence-corrected chi connectivity index (χ3v) is 1.85. The molecule has 0 aliphatic carbocycles. The third-order valence-electron chi connectivity index (χ3n) is 1.85. The Labute approximate surface area is 83.6 Å². The lowest BCUT2D eigenvalue weighted by atomic mass is 10.1. The molecule has 0 amide bonds. The number of rotatable bonds is 3. The number of aliphatic carboxylic acids is 1. The van der Waals surface area contributed by atoms with Crippen LogP contribution in [0.2, 0.25) is 0 Å². The minimum Gasteiger partial charge on any atom is -0.481 e. The van der Waals surface area contributed by atoms with Crippen LogP contribution in [-0.4, -0.2) is 16.1 Å². The van der Waals surface area contributed by atoms with Gasteiger partial charge in [-0.05, 0) is 18.6 Å². The van der Waals surface area contributed by atoms with Crippen molar-refractivity contribution in [2.24, 2.45) is 0 Å². The molecule has 1 aromatic heterocycles. The lowest BCUT2D eigenvalue weighted by Gasteiger charge is -2.06. The molecule has 15 heavy (non-hydrogen) atoms. The van der Waals surface area contributed by atoms with E-state index in [1.165, 1.54) is 6.92 Å². The molecule has 0 saturated heterocycles. The second kappa shape index (κ2) is 4.29. The lowest BCUT2D eigenvalue weighted by molar-refractivity contribution is -0.136. The number of aryl methyl sites for hydroxylation is 1. The molecule has 1 aromatic rings. The fourth-order valence-electron chi connectivity index (χ4n) is 1.13. The Morgan fingerprint density at radius 1 is 1.60 bits per heavy atom. The number of halogens is 3. The van der Waals surface area contributed by atoms with Crippen molar-refractivity contribution < 1.29 is 23.1 Å². The van der Waals surface area contributed by atoms with Gasteiger partial charge in [0, 0.05) is 5.69 Å². The molecule has 0 spiro atoms. The number of alkyl halides is 2. The van der Waals surface area contributed by atoms with Crippen LogP contribution < -0.4 is 0 Å². The van der Waals surface area contributed by atoms with E-state index in [1.54, 1.807) is 0 Å². The summed E-state index contributed by atoms with van der Waals surface area (Å²) in [5, 5.41) is 8.46. The summed E-state index contributed by atoms with van der Waals surface area (Å²) >= 11 is 0. The second-order valence-corrected chi connectivity index (χ2v) is 2.97. The fourth-order valence-corrected chi connectivity index (χ4v) is 1.13. The van der Waals surface area contributed by atoms with Crippen LogP contribution in [0.4, 0.5) is 13.2 Å². The highest BCUT2D eigenvalue weighted by Crippen LogP contribution is 2.22. The van der Waals surface area contributed by atoms with Crippen LogP contribution in [-0.2, 0) is 11.2 Å². The third kappa shape index (κ3) is 2.68. The van der Waals surface area contributed by atoms with E-state index in [9.17, 15) is 18.0 Å². The highest BCUT2D eigenvalue weighted by molar-refractivity contribution is 5.70. The van der Waals surface area contributed by atoms with Crippen LogP contribution in [0.1, 0.15) is 23.4 Å². The van der Waals surface area contributed by atoms with Gasteiger partial charge >= 0.3 is 5.97 Å². The fraction of sp³-hybridized carbons (Fsp3) is 0.333. The molecular formula is C9H8F3NO2. The van der Waals surface area contributed by atoms with Gasteiger partial charge in [0.15, 0.2) is 5.82 Å². The molecule has 0 atom stereocenters. The summed E-state index contributed by atoms with van der Waals surface area (Å²) in [5.41, 5.74) is -0.736. The normalized spacial score (nSPS) is 10.7. The number of pyridine rings is 1. The van der Waals surface area contributed by atoms with E-state index in [4.69, 9.17) is 5.11 Å². The quantitative estimate of drug-likeness (QED) is 0.846. The summed E-state index contributed by atoms with van der Waals surface area (Å²) in [6.45, 7) is 1.36. The molecule has 0 aliphatic heterocycles. The largest absolute Gasteiger partial charge is 0.481 e. The first-order chi connectivity index (χ1) is 6.91. The molecule has 0 unspecified atom stereocenters. The van der Waals surface area contributed by atoms with Gasteiger partial charge in [-0.2, -0.15) is 0 Å². The van der Waals surface area contributed by atoms with Gasteiger partial charge in [0.25, 0.3) is 6.43 Å². The van der Waals surface area contributed by atoms with Crippen LogP contribution in [0.5, 0.6) is 0 Å². The van der Waals surface area contributed by atoms with Gasteiger partial charge in [-0.15, -0.1) is 0 Å². The van der Waals surface area contributed by atoms with Gasteiger partial charge < -0.3 is 5.11 Å². The average Bonchev–Trinajstić information content (AvgIpc) is 2.09. The summed E-state index contributed by atoms with van der Waals surface area (Å²) in [5.74, 6) is -2.34. The Balaban J connectivity index is 3.13. The van der Waals surface area contributed by atoms with Crippen molar-refractivity contribution in [1.82, 2.24) is 4.98 Å². The molecule has 0 fully saturated rings. The minimum atomic E-state index is -3.00. The summed E-state index contributed by atoms with van der Waals surface area (Å²) in [6, 6.07) is 0.790. The first kappa shape index (κ1) is 11.5. The predicted molar refractivity (Wildman–Crippen MR) is 45.2 cm³/mol. The van der Waals surface area contributed by atoms with Crippen LogP contribution in [0.3, 0.4) is 0 Å². The standard InChI is InChI=1S/C9H8F3NO2/c1-4-5(3-7(14)15)2-6(10)8(13-4)9(11)12/h2,9H,3H2,1H3,(H,14,15). The number of hydrogen-bond acceptors (Lipinski definition) is 2. The van der Waals surface area contributed by atoms with E-state index in [-0.39, 0.29) is 11.3 Å². The number of carboxylic acid groups (broad SMARTS) is 1. The number of aromatic nitrogens is 1. The minimum absolute atomic E-state index is 0.101. The Morgan fingerprint density at radius 3 is 2.67 bits per heavy atom. The Bertz CT molecular complexity index is 393. The maximum Gasteiger partial charge on any atom is 0.307 e. The van der Waals surface area contributed by atoms with Gasteiger partial charge in [0.05, 0.1) is 6.42 Å². The van der Waals surface area contributed by atoms with Crippen LogP contribution >= 0.6 is 0 Å². The van der Waals surface area contributed by atoms with Crippen LogP contribution in [0, 0.1) is 12.7 Å². The zero-order chi connectivity index (χ0) is 11.6. The zero-order valence-electron chi connectivity index (χ0n) is 7.80. The monoisotopic (exact) mass is 219 g/mol. The molecule has 0 radical (unpaired) electrons. The van der Waals surface area contributed by atoms with Crippen molar-refractivity contribution in [3.8, 4) is 0 Å². The molecule has 3 nitrogen and oxygen atoms in total. The molecule has 1 rings (SSSR count). The number of nitrogens with zero attached hydrogens (tertiary/aromatic N) is 1. The van der Waals surface area contributed by atoms with Crippen LogP contribution in [0.25, 0.3) is 0 Å². The molecule has 0 bridgehead atoms.